The quantitative estimate of drug-likeness (QED) is 0.391. The molecule has 0 amide bonds. The van der Waals surface area contributed by atoms with E-state index in [9.17, 15) is 25.5 Å². The van der Waals surface area contributed by atoms with Crippen molar-refractivity contribution in [2.24, 2.45) is 0 Å². The van der Waals surface area contributed by atoms with Crippen LogP contribution in [0.5, 0.6) is 0 Å². The van der Waals surface area contributed by atoms with E-state index < -0.39 is 34.2 Å². The topological polar surface area (TPSA) is 126 Å². The molecule has 2 aromatic rings. The van der Waals surface area contributed by atoms with Crippen molar-refractivity contribution < 1.29 is 30.3 Å². The van der Waals surface area contributed by atoms with E-state index >= 15 is 0 Å². The van der Waals surface area contributed by atoms with E-state index in [2.05, 4.69) is 20.9 Å². The van der Waals surface area contributed by atoms with Gasteiger partial charge in [0.25, 0.3) is 0 Å². The number of fused-ring (bicyclic) bond motifs is 1. The van der Waals surface area contributed by atoms with Gasteiger partial charge in [-0.3, -0.25) is 0 Å². The van der Waals surface area contributed by atoms with Crippen LogP contribution in [0.25, 0.3) is 10.9 Å². The van der Waals surface area contributed by atoms with E-state index in [-0.39, 0.29) is 5.56 Å². The zero-order chi connectivity index (χ0) is 17.0. The Hall–Kier alpha value is -0.710. The number of aliphatic hydroxyl groups excluding tert-OH is 3. The lowest BCUT2D eigenvalue weighted by Gasteiger charge is -2.52. The van der Waals surface area contributed by atoms with Crippen molar-refractivity contribution in [1.82, 2.24) is 4.98 Å². The minimum atomic E-state index is -2.57. The molecule has 0 radical (unpaired) electrons. The molecule has 1 fully saturated rings. The number of aromatic amines is 1. The normalized spacial score (nSPS) is 41.3. The summed E-state index contributed by atoms with van der Waals surface area (Å²) in [5.41, 5.74) is 0.793. The van der Waals surface area contributed by atoms with Gasteiger partial charge in [0.15, 0.2) is 4.51 Å². The van der Waals surface area contributed by atoms with E-state index in [0.29, 0.717) is 10.9 Å². The highest BCUT2D eigenvalue weighted by molar-refractivity contribution is 9.10. The molecule has 0 aliphatic carbocycles. The summed E-state index contributed by atoms with van der Waals surface area (Å²) in [6, 6.07) is 6.93. The summed E-state index contributed by atoms with van der Waals surface area (Å²) in [5, 5.41) is 49.0. The Morgan fingerprint density at radius 2 is 1.87 bits per heavy atom. The van der Waals surface area contributed by atoms with Crippen LogP contribution < -0.4 is 0 Å². The van der Waals surface area contributed by atoms with Crippen molar-refractivity contribution in [3.05, 3.63) is 36.0 Å². The van der Waals surface area contributed by atoms with Gasteiger partial charge in [-0.25, -0.2) is 0 Å². The van der Waals surface area contributed by atoms with Gasteiger partial charge in [-0.05, 0) is 22.0 Å². The molecule has 23 heavy (non-hydrogen) atoms. The number of alkyl halides is 2. The maximum Gasteiger partial charge on any atom is 0.225 e. The van der Waals surface area contributed by atoms with Crippen molar-refractivity contribution in [3.63, 3.8) is 0 Å². The molecular weight excluding hydrogens is 394 g/mol. The van der Waals surface area contributed by atoms with E-state index in [1.807, 2.05) is 0 Å². The number of aromatic nitrogens is 1. The van der Waals surface area contributed by atoms with Crippen molar-refractivity contribution in [1.29, 1.82) is 0 Å². The number of hydrogen-bond donors (Lipinski definition) is 6. The Balaban J connectivity index is 2.17. The number of H-pyrrole nitrogens is 1. The van der Waals surface area contributed by atoms with Crippen LogP contribution in [0.1, 0.15) is 5.56 Å². The number of nitrogens with one attached hydrogen (secondary N) is 1. The summed E-state index contributed by atoms with van der Waals surface area (Å²) in [5.74, 6) is -2.42. The number of halogens is 2. The third-order valence-corrected chi connectivity index (χ3v) is 5.89. The van der Waals surface area contributed by atoms with Gasteiger partial charge in [0.1, 0.15) is 12.2 Å². The van der Waals surface area contributed by atoms with Gasteiger partial charge >= 0.3 is 0 Å². The zero-order valence-electron chi connectivity index (χ0n) is 11.6. The highest BCUT2D eigenvalue weighted by Gasteiger charge is 2.67. The Kier molecular flexibility index (Phi) is 4.02. The minimum absolute atomic E-state index is 0.129. The Bertz CT molecular complexity index is 739. The summed E-state index contributed by atoms with van der Waals surface area (Å²) >= 11 is 8.74. The average molecular weight is 409 g/mol. The van der Waals surface area contributed by atoms with E-state index in [1.54, 1.807) is 24.3 Å². The molecule has 1 unspecified atom stereocenters. The lowest BCUT2D eigenvalue weighted by molar-refractivity contribution is -0.374. The second-order valence-corrected chi connectivity index (χ2v) is 7.35. The maximum absolute atomic E-state index is 10.9. The van der Waals surface area contributed by atoms with Crippen molar-refractivity contribution in [2.45, 2.75) is 27.6 Å². The molecule has 1 saturated heterocycles. The van der Waals surface area contributed by atoms with Gasteiger partial charge < -0.3 is 35.3 Å². The van der Waals surface area contributed by atoms with Crippen LogP contribution in [0.4, 0.5) is 0 Å². The predicted molar refractivity (Wildman–Crippen MR) is 84.8 cm³/mol. The zero-order valence-corrected chi connectivity index (χ0v) is 14.0. The molecule has 5 atom stereocenters. The summed E-state index contributed by atoms with van der Waals surface area (Å²) < 4.78 is 3.27. The molecule has 9 heteroatoms. The van der Waals surface area contributed by atoms with Crippen LogP contribution in [0.2, 0.25) is 0 Å². The molecule has 126 valence electrons. The van der Waals surface area contributed by atoms with Crippen LogP contribution in [0.15, 0.2) is 30.5 Å². The molecule has 1 aromatic carbocycles. The van der Waals surface area contributed by atoms with Gasteiger partial charge in [-0.2, -0.15) is 0 Å². The fraction of sp³-hybridized carbons (Fsp3) is 0.429. The van der Waals surface area contributed by atoms with Gasteiger partial charge in [-0.1, -0.05) is 29.8 Å². The van der Waals surface area contributed by atoms with Crippen LogP contribution in [-0.4, -0.2) is 58.9 Å². The largest absolute Gasteiger partial charge is 0.392 e. The number of para-hydroxylation sites is 1. The molecular formula is C14H15BrClNO6. The van der Waals surface area contributed by atoms with Crippen molar-refractivity contribution in [2.75, 3.05) is 6.61 Å². The summed E-state index contributed by atoms with van der Waals surface area (Å²) in [6.45, 7) is -0.874. The van der Waals surface area contributed by atoms with Crippen molar-refractivity contribution >= 4 is 38.4 Å². The Labute approximate surface area is 144 Å². The highest BCUT2D eigenvalue weighted by atomic mass is 79.9. The lowest BCUT2D eigenvalue weighted by Crippen LogP contribution is -2.72. The van der Waals surface area contributed by atoms with E-state index in [0.717, 1.165) is 0 Å². The van der Waals surface area contributed by atoms with E-state index in [1.165, 1.54) is 6.20 Å². The van der Waals surface area contributed by atoms with Gasteiger partial charge in [0, 0.05) is 22.7 Å². The summed E-state index contributed by atoms with van der Waals surface area (Å²) in [4.78, 5) is 2.91. The molecule has 7 nitrogen and oxygen atoms in total. The number of hydrogen-bond acceptors (Lipinski definition) is 6. The molecule has 0 saturated carbocycles. The monoisotopic (exact) mass is 407 g/mol. The smallest absolute Gasteiger partial charge is 0.225 e. The predicted octanol–water partition coefficient (Wildman–Crippen LogP) is 0.0759. The average Bonchev–Trinajstić information content (AvgIpc) is 2.96. The van der Waals surface area contributed by atoms with E-state index in [4.69, 9.17) is 16.3 Å². The van der Waals surface area contributed by atoms with Crippen LogP contribution in [0, 0.1) is 0 Å². The molecule has 1 aliphatic rings. The molecule has 0 bridgehead atoms. The molecule has 1 aromatic heterocycles. The SMILES string of the molecule is OC[C@@]1(Br)OC(O)(c2c[nH]c3ccccc23)[C@H](O)[C@@H](O)[C@]1(O)Cl. The first-order valence-corrected chi connectivity index (χ1v) is 7.91. The lowest BCUT2D eigenvalue weighted by atomic mass is 9.87. The molecule has 3 rings (SSSR count). The minimum Gasteiger partial charge on any atom is -0.392 e. The third-order valence-electron chi connectivity index (χ3n) is 4.11. The Morgan fingerprint density at radius 3 is 2.52 bits per heavy atom. The number of aliphatic hydroxyl groups is 5. The van der Waals surface area contributed by atoms with Gasteiger partial charge in [0.2, 0.25) is 10.8 Å². The molecule has 2 heterocycles. The van der Waals surface area contributed by atoms with Crippen LogP contribution in [0.3, 0.4) is 0 Å². The number of ether oxygens (including phenoxy) is 1. The second kappa shape index (κ2) is 5.40. The third kappa shape index (κ3) is 2.25. The standard InChI is InChI=1S/C14H15BrClNO6/c15-12(6-18)14(16,22)11(20)10(19)13(21,23-12)8-5-17-9-4-2-1-3-7(8)9/h1-5,10-11,17-22H,6H2/t10-,11-,12-,13?,14-/m1/s1. The second-order valence-electron chi connectivity index (χ2n) is 5.50. The summed E-state index contributed by atoms with van der Waals surface area (Å²) in [6.07, 6.45) is -2.58. The maximum atomic E-state index is 10.9. The molecule has 6 N–H and O–H groups in total. The molecule has 0 spiro atoms. The highest BCUT2D eigenvalue weighted by Crippen LogP contribution is 2.51. The fourth-order valence-electron chi connectivity index (χ4n) is 2.75. The van der Waals surface area contributed by atoms with Crippen LogP contribution >= 0.6 is 27.5 Å². The Morgan fingerprint density at radius 1 is 1.22 bits per heavy atom. The van der Waals surface area contributed by atoms with Gasteiger partial charge in [0.05, 0.1) is 6.61 Å². The molecule has 1 aliphatic heterocycles. The van der Waals surface area contributed by atoms with Crippen LogP contribution in [-0.2, 0) is 10.5 Å². The summed E-state index contributed by atoms with van der Waals surface area (Å²) in [7, 11) is 0. The van der Waals surface area contributed by atoms with Gasteiger partial charge in [-0.15, -0.1) is 0 Å². The first-order valence-electron chi connectivity index (χ1n) is 6.73. The van der Waals surface area contributed by atoms with Crippen molar-refractivity contribution in [3.8, 4) is 0 Å². The number of benzene rings is 1. The number of rotatable bonds is 2. The fourth-order valence-corrected chi connectivity index (χ4v) is 3.45. The first kappa shape index (κ1) is 17.1. The first-order chi connectivity index (χ1) is 10.7.